The van der Waals surface area contributed by atoms with Crippen LogP contribution in [0.25, 0.3) is 0 Å². The van der Waals surface area contributed by atoms with Gasteiger partial charge in [0.15, 0.2) is 10.2 Å². The molecular formula is C13H14ClN3O2S. The van der Waals surface area contributed by atoms with Crippen LogP contribution < -0.4 is 15.4 Å². The van der Waals surface area contributed by atoms with E-state index in [1.807, 2.05) is 25.1 Å². The molecule has 0 saturated heterocycles. The summed E-state index contributed by atoms with van der Waals surface area (Å²) < 4.78 is 5.01. The molecule has 1 heterocycles. The zero-order chi connectivity index (χ0) is 14.5. The van der Waals surface area contributed by atoms with E-state index in [9.17, 15) is 4.79 Å². The summed E-state index contributed by atoms with van der Waals surface area (Å²) in [6.45, 7) is 1.88. The molecule has 20 heavy (non-hydrogen) atoms. The number of hydrogen-bond acceptors (Lipinski definition) is 4. The van der Waals surface area contributed by atoms with Crippen LogP contribution in [0.3, 0.4) is 0 Å². The summed E-state index contributed by atoms with van der Waals surface area (Å²) in [4.78, 5) is 15.9. The van der Waals surface area contributed by atoms with Gasteiger partial charge in [-0.05, 0) is 24.6 Å². The van der Waals surface area contributed by atoms with Crippen molar-refractivity contribution in [3.05, 3.63) is 41.0 Å². The summed E-state index contributed by atoms with van der Waals surface area (Å²) in [7, 11) is 1.55. The molecule has 1 atom stereocenters. The molecule has 1 aromatic heterocycles. The number of thiazole rings is 1. The Hall–Kier alpha value is -1.79. The number of carbonyl (C=O) groups excluding carboxylic acids is 1. The molecule has 0 fully saturated rings. The first-order valence-corrected chi connectivity index (χ1v) is 7.10. The van der Waals surface area contributed by atoms with Crippen LogP contribution >= 0.6 is 22.9 Å². The molecular weight excluding hydrogens is 298 g/mol. The van der Waals surface area contributed by atoms with Gasteiger partial charge in [-0.2, -0.15) is 0 Å². The first-order valence-electron chi connectivity index (χ1n) is 5.91. The lowest BCUT2D eigenvalue weighted by Gasteiger charge is -2.14. The Labute approximate surface area is 125 Å². The van der Waals surface area contributed by atoms with Crippen LogP contribution in [0.5, 0.6) is 5.06 Å². The normalized spacial score (nSPS) is 11.8. The maximum Gasteiger partial charge on any atom is 0.321 e. The third kappa shape index (κ3) is 3.85. The molecule has 106 valence electrons. The largest absolute Gasteiger partial charge is 0.486 e. The van der Waals surface area contributed by atoms with Crippen LogP contribution in [-0.4, -0.2) is 18.1 Å². The highest BCUT2D eigenvalue weighted by Gasteiger charge is 2.11. The maximum atomic E-state index is 11.8. The van der Waals surface area contributed by atoms with E-state index >= 15 is 0 Å². The number of urea groups is 1. The molecule has 0 radical (unpaired) electrons. The third-order valence-corrected chi connectivity index (χ3v) is 3.71. The highest BCUT2D eigenvalue weighted by molar-refractivity contribution is 7.17. The SMILES string of the molecule is COc1cnc(NC(=O)N[C@H](C)c2cccc(Cl)c2)s1. The molecule has 0 saturated carbocycles. The van der Waals surface area contributed by atoms with Crippen molar-refractivity contribution in [2.75, 3.05) is 12.4 Å². The first kappa shape index (κ1) is 14.6. The van der Waals surface area contributed by atoms with Crippen molar-refractivity contribution in [3.8, 4) is 5.06 Å². The van der Waals surface area contributed by atoms with E-state index in [2.05, 4.69) is 15.6 Å². The Morgan fingerprint density at radius 1 is 1.50 bits per heavy atom. The van der Waals surface area contributed by atoms with Gasteiger partial charge in [0.2, 0.25) is 0 Å². The number of nitrogens with one attached hydrogen (secondary N) is 2. The molecule has 0 spiro atoms. The van der Waals surface area contributed by atoms with Crippen molar-refractivity contribution >= 4 is 34.1 Å². The number of halogens is 1. The molecule has 2 rings (SSSR count). The molecule has 1 aromatic carbocycles. The molecule has 0 unspecified atom stereocenters. The highest BCUT2D eigenvalue weighted by atomic mass is 35.5. The minimum atomic E-state index is -0.325. The smallest absolute Gasteiger partial charge is 0.321 e. The Morgan fingerprint density at radius 3 is 2.95 bits per heavy atom. The maximum absolute atomic E-state index is 11.8. The van der Waals surface area contributed by atoms with Crippen molar-refractivity contribution < 1.29 is 9.53 Å². The molecule has 7 heteroatoms. The van der Waals surface area contributed by atoms with Gasteiger partial charge in [0.05, 0.1) is 19.3 Å². The Kier molecular flexibility index (Phi) is 4.81. The molecule has 5 nitrogen and oxygen atoms in total. The van der Waals surface area contributed by atoms with Crippen LogP contribution in [0.15, 0.2) is 30.5 Å². The quantitative estimate of drug-likeness (QED) is 0.905. The lowest BCUT2D eigenvalue weighted by molar-refractivity contribution is 0.249. The Morgan fingerprint density at radius 2 is 2.30 bits per heavy atom. The number of amides is 2. The van der Waals surface area contributed by atoms with E-state index < -0.39 is 0 Å². The predicted octanol–water partition coefficient (Wildman–Crippen LogP) is 3.69. The van der Waals surface area contributed by atoms with Crippen molar-refractivity contribution in [1.29, 1.82) is 0 Å². The van der Waals surface area contributed by atoms with Gasteiger partial charge >= 0.3 is 6.03 Å². The van der Waals surface area contributed by atoms with Crippen LogP contribution in [0.4, 0.5) is 9.93 Å². The van der Waals surface area contributed by atoms with Crippen LogP contribution in [0.2, 0.25) is 5.02 Å². The molecule has 0 aliphatic heterocycles. The number of methoxy groups -OCH3 is 1. The minimum absolute atomic E-state index is 0.157. The van der Waals surface area contributed by atoms with E-state index in [0.29, 0.717) is 15.2 Å². The number of ether oxygens (including phenoxy) is 1. The second kappa shape index (κ2) is 6.58. The third-order valence-electron chi connectivity index (χ3n) is 2.60. The van der Waals surface area contributed by atoms with E-state index in [1.165, 1.54) is 11.3 Å². The van der Waals surface area contributed by atoms with E-state index in [1.54, 1.807) is 19.4 Å². The van der Waals surface area contributed by atoms with Gasteiger partial charge in [-0.15, -0.1) is 0 Å². The number of hydrogen-bond donors (Lipinski definition) is 2. The summed E-state index contributed by atoms with van der Waals surface area (Å²) in [6, 6.07) is 6.88. The monoisotopic (exact) mass is 311 g/mol. The number of benzene rings is 1. The summed E-state index contributed by atoms with van der Waals surface area (Å²) in [5.74, 6) is 0. The van der Waals surface area contributed by atoms with Gasteiger partial charge in [-0.1, -0.05) is 35.1 Å². The van der Waals surface area contributed by atoms with E-state index in [-0.39, 0.29) is 12.1 Å². The Balaban J connectivity index is 1.94. The van der Waals surface area contributed by atoms with Crippen molar-refractivity contribution in [3.63, 3.8) is 0 Å². The predicted molar refractivity (Wildman–Crippen MR) is 80.7 cm³/mol. The number of rotatable bonds is 4. The summed E-state index contributed by atoms with van der Waals surface area (Å²) in [6.07, 6.45) is 1.56. The lowest BCUT2D eigenvalue weighted by atomic mass is 10.1. The average molecular weight is 312 g/mol. The Bertz CT molecular complexity index is 603. The molecule has 2 aromatic rings. The van der Waals surface area contributed by atoms with Crippen LogP contribution in [0.1, 0.15) is 18.5 Å². The summed E-state index contributed by atoms with van der Waals surface area (Å²) in [5, 5.41) is 7.24. The van der Waals surface area contributed by atoms with E-state index in [4.69, 9.17) is 16.3 Å². The van der Waals surface area contributed by atoms with Crippen LogP contribution in [-0.2, 0) is 0 Å². The summed E-state index contributed by atoms with van der Waals surface area (Å²) in [5.41, 5.74) is 0.935. The average Bonchev–Trinajstić information content (AvgIpc) is 2.86. The topological polar surface area (TPSA) is 63.2 Å². The van der Waals surface area contributed by atoms with Crippen LogP contribution in [0, 0.1) is 0 Å². The number of aromatic nitrogens is 1. The van der Waals surface area contributed by atoms with Crippen molar-refractivity contribution in [1.82, 2.24) is 10.3 Å². The fraction of sp³-hybridized carbons (Fsp3) is 0.231. The number of nitrogens with zero attached hydrogens (tertiary/aromatic N) is 1. The zero-order valence-electron chi connectivity index (χ0n) is 11.0. The zero-order valence-corrected chi connectivity index (χ0v) is 12.6. The highest BCUT2D eigenvalue weighted by Crippen LogP contribution is 2.25. The molecule has 0 aliphatic rings. The fourth-order valence-corrected chi connectivity index (χ4v) is 2.43. The van der Waals surface area contributed by atoms with Gasteiger partial charge < -0.3 is 10.1 Å². The van der Waals surface area contributed by atoms with Gasteiger partial charge in [0, 0.05) is 5.02 Å². The molecule has 0 bridgehead atoms. The molecule has 2 amide bonds. The number of anilines is 1. The van der Waals surface area contributed by atoms with Crippen molar-refractivity contribution in [2.45, 2.75) is 13.0 Å². The minimum Gasteiger partial charge on any atom is -0.486 e. The van der Waals surface area contributed by atoms with Gasteiger partial charge in [-0.3, -0.25) is 5.32 Å². The lowest BCUT2D eigenvalue weighted by Crippen LogP contribution is -2.31. The second-order valence-electron chi connectivity index (χ2n) is 4.06. The summed E-state index contributed by atoms with van der Waals surface area (Å²) >= 11 is 7.18. The van der Waals surface area contributed by atoms with Gasteiger partial charge in [0.25, 0.3) is 0 Å². The number of carbonyl (C=O) groups is 1. The molecule has 0 aliphatic carbocycles. The first-order chi connectivity index (χ1) is 9.58. The van der Waals surface area contributed by atoms with Gasteiger partial charge in [-0.25, -0.2) is 9.78 Å². The van der Waals surface area contributed by atoms with Crippen molar-refractivity contribution in [2.24, 2.45) is 0 Å². The molecule has 2 N–H and O–H groups in total. The van der Waals surface area contributed by atoms with E-state index in [0.717, 1.165) is 5.56 Å². The van der Waals surface area contributed by atoms with Gasteiger partial charge in [0.1, 0.15) is 0 Å². The second-order valence-corrected chi connectivity index (χ2v) is 5.49. The standard InChI is InChI=1S/C13H14ClN3O2S/c1-8(9-4-3-5-10(14)6-9)16-12(18)17-13-15-7-11(19-2)20-13/h3-8H,1-2H3,(H2,15,16,17,18)/t8-/m1/s1. The fourth-order valence-electron chi connectivity index (χ4n) is 1.60.